The fourth-order valence-corrected chi connectivity index (χ4v) is 2.45. The van der Waals surface area contributed by atoms with E-state index in [9.17, 15) is 4.79 Å². The molecule has 0 aliphatic rings. The Balaban J connectivity index is 1.81. The molecule has 0 bridgehead atoms. The van der Waals surface area contributed by atoms with Crippen molar-refractivity contribution >= 4 is 28.7 Å². The number of hydrogen-bond acceptors (Lipinski definition) is 5. The van der Waals surface area contributed by atoms with Crippen LogP contribution >= 0.6 is 11.7 Å². The second kappa shape index (κ2) is 5.32. The number of nitrogens with one attached hydrogen (secondary N) is 1. The van der Waals surface area contributed by atoms with Crippen LogP contribution in [0.5, 0.6) is 0 Å². The average molecular weight is 286 g/mol. The highest BCUT2D eigenvalue weighted by molar-refractivity contribution is 7.00. The van der Waals surface area contributed by atoms with Gasteiger partial charge in [-0.3, -0.25) is 10.2 Å². The number of fused-ring (bicyclic) bond motifs is 1. The summed E-state index contributed by atoms with van der Waals surface area (Å²) in [5.41, 5.74) is 5.59. The van der Waals surface area contributed by atoms with Crippen molar-refractivity contribution in [1.29, 1.82) is 0 Å². The van der Waals surface area contributed by atoms with Gasteiger partial charge in [0.25, 0.3) is 5.91 Å². The number of pyridine rings is 1. The van der Waals surface area contributed by atoms with Gasteiger partial charge in [0, 0.05) is 17.7 Å². The largest absolute Gasteiger partial charge is 0.290 e. The second-order valence-corrected chi connectivity index (χ2v) is 4.85. The van der Waals surface area contributed by atoms with Gasteiger partial charge in [-0.1, -0.05) is 6.07 Å². The molecule has 2 heterocycles. The van der Waals surface area contributed by atoms with Crippen molar-refractivity contribution in [3.05, 3.63) is 53.9 Å². The lowest BCUT2D eigenvalue weighted by Crippen LogP contribution is -2.35. The quantitative estimate of drug-likeness (QED) is 0.320. The van der Waals surface area contributed by atoms with E-state index >= 15 is 0 Å². The summed E-state index contributed by atoms with van der Waals surface area (Å²) in [6.07, 6.45) is 3.68. The molecule has 0 saturated heterocycles. The van der Waals surface area contributed by atoms with E-state index in [4.69, 9.17) is 5.84 Å². The van der Waals surface area contributed by atoms with Crippen LogP contribution in [-0.4, -0.2) is 14.7 Å². The SMILES string of the molecule is NNC(=O)c1cc[n+](Cc2ccc3nsnc3c2)cc1. The number of aromatic nitrogens is 3. The Morgan fingerprint density at radius 3 is 2.70 bits per heavy atom. The van der Waals surface area contributed by atoms with Gasteiger partial charge < -0.3 is 0 Å². The molecule has 7 heteroatoms. The van der Waals surface area contributed by atoms with Gasteiger partial charge >= 0.3 is 0 Å². The number of carbonyl (C=O) groups is 1. The summed E-state index contributed by atoms with van der Waals surface area (Å²) in [5, 5.41) is 0. The zero-order valence-electron chi connectivity index (χ0n) is 10.5. The highest BCUT2D eigenvalue weighted by atomic mass is 32.1. The maximum Gasteiger partial charge on any atom is 0.265 e. The van der Waals surface area contributed by atoms with Crippen LogP contribution in [0.15, 0.2) is 42.7 Å². The van der Waals surface area contributed by atoms with Crippen molar-refractivity contribution in [3.63, 3.8) is 0 Å². The molecule has 1 amide bonds. The van der Waals surface area contributed by atoms with Crippen molar-refractivity contribution in [2.24, 2.45) is 5.84 Å². The van der Waals surface area contributed by atoms with Crippen LogP contribution in [0.2, 0.25) is 0 Å². The third kappa shape index (κ3) is 2.49. The molecular weight excluding hydrogens is 274 g/mol. The highest BCUT2D eigenvalue weighted by Crippen LogP contribution is 2.13. The maximum atomic E-state index is 11.3. The minimum atomic E-state index is -0.299. The standard InChI is InChI=1S/C13H11N5OS/c14-15-13(19)10-3-5-18(6-4-10)8-9-1-2-11-12(7-9)17-20-16-11/h1-7,14,19H,8H2/p+1. The van der Waals surface area contributed by atoms with Gasteiger partial charge in [0.15, 0.2) is 18.9 Å². The van der Waals surface area contributed by atoms with Gasteiger partial charge in [-0.25, -0.2) is 10.4 Å². The third-order valence-corrected chi connectivity index (χ3v) is 3.52. The number of carbonyl (C=O) groups excluding carboxylic acids is 1. The first-order valence-electron chi connectivity index (χ1n) is 5.97. The lowest BCUT2D eigenvalue weighted by atomic mass is 10.2. The van der Waals surface area contributed by atoms with Gasteiger partial charge in [0.2, 0.25) is 0 Å². The molecule has 0 saturated carbocycles. The summed E-state index contributed by atoms with van der Waals surface area (Å²) >= 11 is 1.21. The molecule has 0 atom stereocenters. The zero-order valence-corrected chi connectivity index (χ0v) is 11.3. The highest BCUT2D eigenvalue weighted by Gasteiger charge is 2.08. The second-order valence-electron chi connectivity index (χ2n) is 4.32. The topological polar surface area (TPSA) is 84.8 Å². The molecule has 3 N–H and O–H groups in total. The van der Waals surface area contributed by atoms with Gasteiger partial charge in [0.1, 0.15) is 11.0 Å². The van der Waals surface area contributed by atoms with Crippen LogP contribution in [0.3, 0.4) is 0 Å². The third-order valence-electron chi connectivity index (χ3n) is 2.97. The van der Waals surface area contributed by atoms with Gasteiger partial charge in [-0.2, -0.15) is 8.75 Å². The Kier molecular flexibility index (Phi) is 3.36. The van der Waals surface area contributed by atoms with Gasteiger partial charge in [-0.05, 0) is 12.1 Å². The van der Waals surface area contributed by atoms with E-state index in [1.54, 1.807) is 12.1 Å². The van der Waals surface area contributed by atoms with E-state index < -0.39 is 0 Å². The Morgan fingerprint density at radius 2 is 1.95 bits per heavy atom. The predicted octanol–water partition coefficient (Wildman–Crippen LogP) is 0.631. The van der Waals surface area contributed by atoms with E-state index in [0.29, 0.717) is 12.1 Å². The fourth-order valence-electron chi connectivity index (χ4n) is 1.93. The number of rotatable bonds is 3. The van der Waals surface area contributed by atoms with Crippen molar-refractivity contribution in [2.45, 2.75) is 6.54 Å². The minimum Gasteiger partial charge on any atom is -0.290 e. The normalized spacial score (nSPS) is 10.7. The molecule has 0 aliphatic heterocycles. The minimum absolute atomic E-state index is 0.299. The molecule has 1 aromatic carbocycles. The van der Waals surface area contributed by atoms with E-state index in [-0.39, 0.29) is 5.91 Å². The molecule has 0 unspecified atom stereocenters. The number of amides is 1. The first-order chi connectivity index (χ1) is 9.76. The van der Waals surface area contributed by atoms with Crippen LogP contribution in [0.25, 0.3) is 11.0 Å². The molecule has 0 fully saturated rings. The van der Waals surface area contributed by atoms with E-state index in [1.807, 2.05) is 35.2 Å². The van der Waals surface area contributed by atoms with Crippen LogP contribution in [0.1, 0.15) is 15.9 Å². The van der Waals surface area contributed by atoms with Crippen molar-refractivity contribution in [3.8, 4) is 0 Å². The van der Waals surface area contributed by atoms with E-state index in [0.717, 1.165) is 16.6 Å². The van der Waals surface area contributed by atoms with Crippen LogP contribution in [0, 0.1) is 0 Å². The maximum absolute atomic E-state index is 11.3. The summed E-state index contributed by atoms with van der Waals surface area (Å²) in [6, 6.07) is 9.46. The Bertz CT molecular complexity index is 753. The predicted molar refractivity (Wildman–Crippen MR) is 74.8 cm³/mol. The van der Waals surface area contributed by atoms with E-state index in [2.05, 4.69) is 14.2 Å². The van der Waals surface area contributed by atoms with Gasteiger partial charge in [-0.15, -0.1) is 0 Å². The Hall–Kier alpha value is -2.38. The van der Waals surface area contributed by atoms with Crippen LogP contribution in [-0.2, 0) is 6.54 Å². The molecule has 3 rings (SSSR count). The fraction of sp³-hybridized carbons (Fsp3) is 0.0769. The lowest BCUT2D eigenvalue weighted by Gasteiger charge is -2.00. The molecule has 100 valence electrons. The monoisotopic (exact) mass is 286 g/mol. The van der Waals surface area contributed by atoms with Crippen LogP contribution in [0.4, 0.5) is 0 Å². The van der Waals surface area contributed by atoms with E-state index in [1.165, 1.54) is 11.7 Å². The average Bonchev–Trinajstić information content (AvgIpc) is 2.95. The summed E-state index contributed by atoms with van der Waals surface area (Å²) in [5.74, 6) is 4.79. The van der Waals surface area contributed by atoms with Crippen molar-refractivity contribution < 1.29 is 9.36 Å². The summed E-state index contributed by atoms with van der Waals surface area (Å²) in [4.78, 5) is 11.3. The summed E-state index contributed by atoms with van der Waals surface area (Å²) in [6.45, 7) is 0.706. The lowest BCUT2D eigenvalue weighted by molar-refractivity contribution is -0.688. The number of hydrazine groups is 1. The number of nitrogen functional groups attached to an aromatic ring is 1. The molecule has 20 heavy (non-hydrogen) atoms. The summed E-state index contributed by atoms with van der Waals surface area (Å²) in [7, 11) is 0. The molecule has 6 nitrogen and oxygen atoms in total. The molecule has 0 radical (unpaired) electrons. The molecular formula is C13H12N5OS+. The number of benzene rings is 1. The van der Waals surface area contributed by atoms with Crippen molar-refractivity contribution in [1.82, 2.24) is 14.2 Å². The number of nitrogens with zero attached hydrogens (tertiary/aromatic N) is 3. The van der Waals surface area contributed by atoms with Crippen molar-refractivity contribution in [2.75, 3.05) is 0 Å². The van der Waals surface area contributed by atoms with Gasteiger partial charge in [0.05, 0.1) is 17.3 Å². The van der Waals surface area contributed by atoms with Crippen LogP contribution < -0.4 is 15.8 Å². The number of nitrogens with two attached hydrogens (primary N) is 1. The first kappa shape index (κ1) is 12.6. The Morgan fingerprint density at radius 1 is 1.20 bits per heavy atom. The zero-order chi connectivity index (χ0) is 13.9. The Labute approximate surface area is 119 Å². The molecule has 0 aliphatic carbocycles. The molecule has 0 spiro atoms. The molecule has 2 aromatic heterocycles. The smallest absolute Gasteiger partial charge is 0.265 e. The number of hydrogen-bond donors (Lipinski definition) is 2. The first-order valence-corrected chi connectivity index (χ1v) is 6.70. The molecule has 3 aromatic rings. The summed E-state index contributed by atoms with van der Waals surface area (Å²) < 4.78 is 10.4.